The molecule has 0 aromatic rings. The monoisotopic (exact) mass is 139 g/mol. The molecule has 0 radical (unpaired) electrons. The fourth-order valence-corrected chi connectivity index (χ4v) is 0.566. The third-order valence-corrected chi connectivity index (χ3v) is 1.25. The Kier molecular flexibility index (Phi) is 4.73. The Morgan fingerprint density at radius 2 is 2.20 bits per heavy atom. The van der Waals surface area contributed by atoms with Gasteiger partial charge in [-0.2, -0.15) is 0 Å². The summed E-state index contributed by atoms with van der Waals surface area (Å²) in [7, 11) is 1.88. The van der Waals surface area contributed by atoms with E-state index in [0.29, 0.717) is 0 Å². The summed E-state index contributed by atoms with van der Waals surface area (Å²) >= 11 is 0. The quantitative estimate of drug-likeness (QED) is 0.589. The number of likely N-dealkylation sites (N-methyl/N-ethyl adjacent to an activating group) is 1. The first kappa shape index (κ1) is 9.28. The van der Waals surface area contributed by atoms with Gasteiger partial charge in [-0.1, -0.05) is 26.5 Å². The fraction of sp³-hybridized carbons (Fsp3) is 0.556. The van der Waals surface area contributed by atoms with Crippen molar-refractivity contribution in [2.75, 3.05) is 7.05 Å². The molecule has 0 aromatic carbocycles. The maximum Gasteiger partial charge on any atom is 0.0261 e. The van der Waals surface area contributed by atoms with Crippen LogP contribution in [0.1, 0.15) is 20.3 Å². The van der Waals surface area contributed by atoms with Gasteiger partial charge >= 0.3 is 0 Å². The molecular formula is C9H17N. The zero-order valence-corrected chi connectivity index (χ0v) is 7.15. The first-order valence-corrected chi connectivity index (χ1v) is 3.70. The Morgan fingerprint density at radius 1 is 1.60 bits per heavy atom. The highest BCUT2D eigenvalue weighted by molar-refractivity contribution is 5.11. The van der Waals surface area contributed by atoms with Crippen LogP contribution in [0, 0.1) is 5.92 Å². The maximum atomic E-state index is 3.77. The van der Waals surface area contributed by atoms with E-state index in [4.69, 9.17) is 0 Å². The van der Waals surface area contributed by atoms with Gasteiger partial charge in [-0.15, -0.1) is 0 Å². The number of allylic oxidation sites excluding steroid dienone is 2. The minimum Gasteiger partial charge on any atom is -0.389 e. The van der Waals surface area contributed by atoms with Gasteiger partial charge in [0.25, 0.3) is 0 Å². The molecule has 0 aliphatic carbocycles. The molecule has 0 aromatic heterocycles. The van der Waals surface area contributed by atoms with Gasteiger partial charge in [0.2, 0.25) is 0 Å². The summed E-state index contributed by atoms with van der Waals surface area (Å²) < 4.78 is 0. The molecule has 0 atom stereocenters. The normalized spacial score (nSPS) is 10.8. The zero-order chi connectivity index (χ0) is 7.98. The average Bonchev–Trinajstić information content (AvgIpc) is 1.87. The van der Waals surface area contributed by atoms with Crippen LogP contribution in [0.2, 0.25) is 0 Å². The zero-order valence-electron chi connectivity index (χ0n) is 7.15. The Balaban J connectivity index is 3.46. The standard InChI is InChI=1S/C9H17N/c1-8(2)6-5-7-9(3)10-4/h5,7-8,10H,3,6H2,1-2,4H3/b7-5-. The number of nitrogens with one attached hydrogen (secondary N) is 1. The molecule has 1 nitrogen and oxygen atoms in total. The van der Waals surface area contributed by atoms with Crippen molar-refractivity contribution in [3.05, 3.63) is 24.4 Å². The summed E-state index contributed by atoms with van der Waals surface area (Å²) in [6.45, 7) is 8.17. The molecule has 0 aliphatic heterocycles. The first-order valence-electron chi connectivity index (χ1n) is 3.70. The molecule has 0 aliphatic rings. The van der Waals surface area contributed by atoms with Crippen LogP contribution in [0.3, 0.4) is 0 Å². The Morgan fingerprint density at radius 3 is 2.60 bits per heavy atom. The lowest BCUT2D eigenvalue weighted by Gasteiger charge is -1.98. The van der Waals surface area contributed by atoms with E-state index in [1.165, 1.54) is 0 Å². The van der Waals surface area contributed by atoms with E-state index >= 15 is 0 Å². The second kappa shape index (κ2) is 5.10. The van der Waals surface area contributed by atoms with E-state index in [0.717, 1.165) is 18.0 Å². The highest BCUT2D eigenvalue weighted by atomic mass is 14.8. The largest absolute Gasteiger partial charge is 0.389 e. The lowest BCUT2D eigenvalue weighted by Crippen LogP contribution is -2.00. The van der Waals surface area contributed by atoms with Crippen molar-refractivity contribution < 1.29 is 0 Å². The molecular weight excluding hydrogens is 122 g/mol. The summed E-state index contributed by atoms with van der Waals surface area (Å²) in [6, 6.07) is 0. The molecule has 1 N–H and O–H groups in total. The van der Waals surface area contributed by atoms with Crippen molar-refractivity contribution >= 4 is 0 Å². The van der Waals surface area contributed by atoms with E-state index in [9.17, 15) is 0 Å². The second-order valence-electron chi connectivity index (χ2n) is 2.81. The van der Waals surface area contributed by atoms with Gasteiger partial charge in [0.15, 0.2) is 0 Å². The van der Waals surface area contributed by atoms with Crippen LogP contribution in [0.25, 0.3) is 0 Å². The van der Waals surface area contributed by atoms with Gasteiger partial charge < -0.3 is 5.32 Å². The molecule has 0 amide bonds. The van der Waals surface area contributed by atoms with Crippen LogP contribution in [0.4, 0.5) is 0 Å². The first-order chi connectivity index (χ1) is 4.66. The third kappa shape index (κ3) is 5.42. The molecule has 0 saturated heterocycles. The number of hydrogen-bond acceptors (Lipinski definition) is 1. The minimum absolute atomic E-state index is 0.737. The SMILES string of the molecule is C=C(/C=C\CC(C)C)NC. The lowest BCUT2D eigenvalue weighted by molar-refractivity contribution is 0.663. The van der Waals surface area contributed by atoms with E-state index in [1.807, 2.05) is 13.1 Å². The maximum absolute atomic E-state index is 3.77. The van der Waals surface area contributed by atoms with Crippen LogP contribution in [0.5, 0.6) is 0 Å². The molecule has 0 saturated carbocycles. The molecule has 0 fully saturated rings. The smallest absolute Gasteiger partial charge is 0.0261 e. The van der Waals surface area contributed by atoms with E-state index in [1.54, 1.807) is 0 Å². The van der Waals surface area contributed by atoms with Crippen LogP contribution in [0.15, 0.2) is 24.4 Å². The second-order valence-corrected chi connectivity index (χ2v) is 2.81. The van der Waals surface area contributed by atoms with Gasteiger partial charge in [-0.3, -0.25) is 0 Å². The van der Waals surface area contributed by atoms with Crippen molar-refractivity contribution in [2.24, 2.45) is 5.92 Å². The van der Waals surface area contributed by atoms with Gasteiger partial charge in [-0.05, 0) is 18.4 Å². The molecule has 0 heterocycles. The molecule has 0 unspecified atom stereocenters. The summed E-state index contributed by atoms with van der Waals surface area (Å²) in [5, 5.41) is 2.96. The summed E-state index contributed by atoms with van der Waals surface area (Å²) in [6.07, 6.45) is 5.28. The fourth-order valence-electron chi connectivity index (χ4n) is 0.566. The molecule has 0 rings (SSSR count). The Hall–Kier alpha value is -0.720. The van der Waals surface area contributed by atoms with Gasteiger partial charge in [0, 0.05) is 12.7 Å². The number of rotatable bonds is 4. The van der Waals surface area contributed by atoms with Crippen molar-refractivity contribution in [2.45, 2.75) is 20.3 Å². The van der Waals surface area contributed by atoms with Gasteiger partial charge in [0.1, 0.15) is 0 Å². The molecule has 1 heteroatoms. The Bertz CT molecular complexity index is 123. The van der Waals surface area contributed by atoms with Crippen LogP contribution in [-0.4, -0.2) is 7.05 Å². The van der Waals surface area contributed by atoms with E-state index < -0.39 is 0 Å². The molecule has 0 bridgehead atoms. The summed E-state index contributed by atoms with van der Waals surface area (Å²) in [4.78, 5) is 0. The van der Waals surface area contributed by atoms with Crippen molar-refractivity contribution in [3.8, 4) is 0 Å². The van der Waals surface area contributed by atoms with Crippen LogP contribution < -0.4 is 5.32 Å². The van der Waals surface area contributed by atoms with E-state index in [2.05, 4.69) is 31.8 Å². The minimum atomic E-state index is 0.737. The lowest BCUT2D eigenvalue weighted by atomic mass is 10.1. The van der Waals surface area contributed by atoms with Crippen LogP contribution >= 0.6 is 0 Å². The highest BCUT2D eigenvalue weighted by Gasteiger charge is 1.86. The Labute approximate surface area is 63.8 Å². The summed E-state index contributed by atoms with van der Waals surface area (Å²) in [5.41, 5.74) is 0.973. The van der Waals surface area contributed by atoms with Crippen molar-refractivity contribution in [3.63, 3.8) is 0 Å². The molecule has 10 heavy (non-hydrogen) atoms. The van der Waals surface area contributed by atoms with Crippen LogP contribution in [-0.2, 0) is 0 Å². The van der Waals surface area contributed by atoms with Crippen molar-refractivity contribution in [1.29, 1.82) is 0 Å². The topological polar surface area (TPSA) is 12.0 Å². The van der Waals surface area contributed by atoms with Crippen molar-refractivity contribution in [1.82, 2.24) is 5.32 Å². The van der Waals surface area contributed by atoms with Gasteiger partial charge in [-0.25, -0.2) is 0 Å². The third-order valence-electron chi connectivity index (χ3n) is 1.25. The molecule has 58 valence electrons. The highest BCUT2D eigenvalue weighted by Crippen LogP contribution is 2.00. The predicted molar refractivity (Wildman–Crippen MR) is 46.8 cm³/mol. The van der Waals surface area contributed by atoms with E-state index in [-0.39, 0.29) is 0 Å². The summed E-state index contributed by atoms with van der Waals surface area (Å²) in [5.74, 6) is 0.737. The number of hydrogen-bond donors (Lipinski definition) is 1. The predicted octanol–water partition coefficient (Wildman–Crippen LogP) is 2.32. The molecule has 0 spiro atoms. The average molecular weight is 139 g/mol. The van der Waals surface area contributed by atoms with Gasteiger partial charge in [0.05, 0.1) is 0 Å².